The molecule has 0 aliphatic heterocycles. The number of nitrogens with zero attached hydrogens (tertiary/aromatic N) is 2. The average molecular weight is 222 g/mol. The minimum Gasteiger partial charge on any atom is -0.329 e. The Kier molecular flexibility index (Phi) is 5.22. The first kappa shape index (κ1) is 12.9. The van der Waals surface area contributed by atoms with Crippen molar-refractivity contribution in [1.29, 1.82) is 0 Å². The SMILES string of the molecule is C=C(C)CNC(CN)c1cnn(CCC)c1. The van der Waals surface area contributed by atoms with Crippen molar-refractivity contribution in [1.82, 2.24) is 15.1 Å². The second-order valence-corrected chi connectivity index (χ2v) is 4.16. The molecule has 1 heterocycles. The van der Waals surface area contributed by atoms with Crippen LogP contribution in [0, 0.1) is 0 Å². The Morgan fingerprint density at radius 3 is 3.00 bits per heavy atom. The number of nitrogens with two attached hydrogens (primary N) is 1. The fourth-order valence-corrected chi connectivity index (χ4v) is 1.55. The van der Waals surface area contributed by atoms with Crippen molar-refractivity contribution in [2.45, 2.75) is 32.9 Å². The van der Waals surface area contributed by atoms with Crippen LogP contribution in [-0.2, 0) is 6.54 Å². The van der Waals surface area contributed by atoms with Gasteiger partial charge in [-0.1, -0.05) is 19.1 Å². The first-order chi connectivity index (χ1) is 7.67. The van der Waals surface area contributed by atoms with Crippen LogP contribution in [0.3, 0.4) is 0 Å². The molecule has 90 valence electrons. The summed E-state index contributed by atoms with van der Waals surface area (Å²) in [5, 5.41) is 7.66. The van der Waals surface area contributed by atoms with Gasteiger partial charge in [0.05, 0.1) is 6.20 Å². The van der Waals surface area contributed by atoms with E-state index >= 15 is 0 Å². The summed E-state index contributed by atoms with van der Waals surface area (Å²) in [4.78, 5) is 0. The Morgan fingerprint density at radius 2 is 2.44 bits per heavy atom. The lowest BCUT2D eigenvalue weighted by Gasteiger charge is -2.14. The molecule has 0 saturated heterocycles. The van der Waals surface area contributed by atoms with Crippen LogP contribution in [0.15, 0.2) is 24.5 Å². The molecule has 0 aliphatic rings. The number of hydrogen-bond acceptors (Lipinski definition) is 3. The third kappa shape index (κ3) is 3.79. The molecule has 0 aromatic carbocycles. The largest absolute Gasteiger partial charge is 0.329 e. The molecule has 1 unspecified atom stereocenters. The van der Waals surface area contributed by atoms with E-state index in [0.29, 0.717) is 6.54 Å². The molecule has 0 fully saturated rings. The van der Waals surface area contributed by atoms with Crippen molar-refractivity contribution in [3.8, 4) is 0 Å². The zero-order chi connectivity index (χ0) is 12.0. The normalized spacial score (nSPS) is 12.7. The van der Waals surface area contributed by atoms with E-state index in [2.05, 4.69) is 30.1 Å². The molecule has 4 heteroatoms. The minimum atomic E-state index is 0.169. The summed E-state index contributed by atoms with van der Waals surface area (Å²) in [6.07, 6.45) is 5.04. The van der Waals surface area contributed by atoms with Crippen molar-refractivity contribution < 1.29 is 0 Å². The van der Waals surface area contributed by atoms with Crippen molar-refractivity contribution >= 4 is 0 Å². The lowest BCUT2D eigenvalue weighted by molar-refractivity contribution is 0.565. The zero-order valence-corrected chi connectivity index (χ0v) is 10.2. The first-order valence-corrected chi connectivity index (χ1v) is 5.77. The summed E-state index contributed by atoms with van der Waals surface area (Å²) in [6.45, 7) is 10.3. The predicted octanol–water partition coefficient (Wildman–Crippen LogP) is 1.46. The Balaban J connectivity index is 2.59. The van der Waals surface area contributed by atoms with Gasteiger partial charge in [0.2, 0.25) is 0 Å². The lowest BCUT2D eigenvalue weighted by atomic mass is 10.1. The van der Waals surface area contributed by atoms with E-state index in [1.165, 1.54) is 0 Å². The molecule has 1 rings (SSSR count). The smallest absolute Gasteiger partial charge is 0.0538 e. The summed E-state index contributed by atoms with van der Waals surface area (Å²) >= 11 is 0. The number of aryl methyl sites for hydroxylation is 1. The van der Waals surface area contributed by atoms with Gasteiger partial charge in [0.15, 0.2) is 0 Å². The van der Waals surface area contributed by atoms with E-state index in [9.17, 15) is 0 Å². The van der Waals surface area contributed by atoms with Gasteiger partial charge < -0.3 is 11.1 Å². The molecule has 0 bridgehead atoms. The molecule has 1 aromatic heterocycles. The van der Waals surface area contributed by atoms with Crippen molar-refractivity contribution in [2.24, 2.45) is 5.73 Å². The highest BCUT2D eigenvalue weighted by Crippen LogP contribution is 2.10. The van der Waals surface area contributed by atoms with Crippen LogP contribution in [0.5, 0.6) is 0 Å². The van der Waals surface area contributed by atoms with Gasteiger partial charge >= 0.3 is 0 Å². The number of aromatic nitrogens is 2. The Hall–Kier alpha value is -1.13. The fraction of sp³-hybridized carbons (Fsp3) is 0.583. The van der Waals surface area contributed by atoms with E-state index in [4.69, 9.17) is 5.73 Å². The maximum atomic E-state index is 5.75. The van der Waals surface area contributed by atoms with Crippen molar-refractivity contribution in [3.63, 3.8) is 0 Å². The van der Waals surface area contributed by atoms with Crippen LogP contribution >= 0.6 is 0 Å². The maximum absolute atomic E-state index is 5.75. The number of nitrogens with one attached hydrogen (secondary N) is 1. The lowest BCUT2D eigenvalue weighted by Crippen LogP contribution is -2.29. The average Bonchev–Trinajstić information content (AvgIpc) is 2.68. The van der Waals surface area contributed by atoms with Crippen LogP contribution < -0.4 is 11.1 Å². The summed E-state index contributed by atoms with van der Waals surface area (Å²) in [7, 11) is 0. The van der Waals surface area contributed by atoms with Crippen LogP contribution in [-0.4, -0.2) is 22.9 Å². The van der Waals surface area contributed by atoms with Crippen LogP contribution in [0.2, 0.25) is 0 Å². The quantitative estimate of drug-likeness (QED) is 0.687. The molecule has 4 nitrogen and oxygen atoms in total. The topological polar surface area (TPSA) is 55.9 Å². The molecule has 0 spiro atoms. The highest BCUT2D eigenvalue weighted by Gasteiger charge is 2.10. The minimum absolute atomic E-state index is 0.169. The number of rotatable bonds is 7. The van der Waals surface area contributed by atoms with Gasteiger partial charge in [-0.2, -0.15) is 5.10 Å². The summed E-state index contributed by atoms with van der Waals surface area (Å²) < 4.78 is 1.96. The van der Waals surface area contributed by atoms with Crippen LogP contribution in [0.25, 0.3) is 0 Å². The molecule has 0 radical (unpaired) electrons. The number of hydrogen-bond donors (Lipinski definition) is 2. The standard InChI is InChI=1S/C12H22N4/c1-4-5-16-9-11(8-15-16)12(6-13)14-7-10(2)3/h8-9,12,14H,2,4-7,13H2,1,3H3. The predicted molar refractivity (Wildman–Crippen MR) is 67.1 cm³/mol. The van der Waals surface area contributed by atoms with Gasteiger partial charge in [-0.05, 0) is 13.3 Å². The molecule has 0 amide bonds. The van der Waals surface area contributed by atoms with E-state index in [0.717, 1.165) is 30.6 Å². The summed E-state index contributed by atoms with van der Waals surface area (Å²) in [5.41, 5.74) is 8.01. The third-order valence-electron chi connectivity index (χ3n) is 2.39. The molecule has 3 N–H and O–H groups in total. The van der Waals surface area contributed by atoms with E-state index in [-0.39, 0.29) is 6.04 Å². The molecule has 0 saturated carbocycles. The van der Waals surface area contributed by atoms with Gasteiger partial charge in [0.25, 0.3) is 0 Å². The summed E-state index contributed by atoms with van der Waals surface area (Å²) in [6, 6.07) is 0.169. The maximum Gasteiger partial charge on any atom is 0.0538 e. The summed E-state index contributed by atoms with van der Waals surface area (Å²) in [5.74, 6) is 0. The van der Waals surface area contributed by atoms with Gasteiger partial charge in [-0.3, -0.25) is 4.68 Å². The van der Waals surface area contributed by atoms with E-state index in [1.54, 1.807) is 0 Å². The van der Waals surface area contributed by atoms with Crippen molar-refractivity contribution in [3.05, 3.63) is 30.1 Å². The fourth-order valence-electron chi connectivity index (χ4n) is 1.55. The van der Waals surface area contributed by atoms with Crippen LogP contribution in [0.1, 0.15) is 31.9 Å². The Bertz CT molecular complexity index is 330. The van der Waals surface area contributed by atoms with Gasteiger partial charge in [-0.15, -0.1) is 0 Å². The molecule has 1 aromatic rings. The molecular weight excluding hydrogens is 200 g/mol. The monoisotopic (exact) mass is 222 g/mol. The highest BCUT2D eigenvalue weighted by atomic mass is 15.3. The van der Waals surface area contributed by atoms with Crippen molar-refractivity contribution in [2.75, 3.05) is 13.1 Å². The second kappa shape index (κ2) is 6.45. The Labute approximate surface area is 97.5 Å². The third-order valence-corrected chi connectivity index (χ3v) is 2.39. The van der Waals surface area contributed by atoms with Gasteiger partial charge in [-0.25, -0.2) is 0 Å². The molecular formula is C12H22N4. The van der Waals surface area contributed by atoms with Gasteiger partial charge in [0.1, 0.15) is 0 Å². The van der Waals surface area contributed by atoms with Gasteiger partial charge in [0, 0.05) is 37.4 Å². The molecule has 16 heavy (non-hydrogen) atoms. The van der Waals surface area contributed by atoms with Crippen LogP contribution in [0.4, 0.5) is 0 Å². The second-order valence-electron chi connectivity index (χ2n) is 4.16. The van der Waals surface area contributed by atoms with E-state index < -0.39 is 0 Å². The Morgan fingerprint density at radius 1 is 1.69 bits per heavy atom. The van der Waals surface area contributed by atoms with E-state index in [1.807, 2.05) is 17.8 Å². The first-order valence-electron chi connectivity index (χ1n) is 5.77. The zero-order valence-electron chi connectivity index (χ0n) is 10.2. The highest BCUT2D eigenvalue weighted by molar-refractivity contribution is 5.11. The molecule has 0 aliphatic carbocycles. The molecule has 1 atom stereocenters.